The van der Waals surface area contributed by atoms with Crippen LogP contribution in [0.2, 0.25) is 5.02 Å². The lowest BCUT2D eigenvalue weighted by Crippen LogP contribution is -2.23. The number of hydrogen-bond donors (Lipinski definition) is 0. The van der Waals surface area contributed by atoms with Crippen molar-refractivity contribution in [3.8, 4) is 0 Å². The predicted molar refractivity (Wildman–Crippen MR) is 67.0 cm³/mol. The van der Waals surface area contributed by atoms with E-state index in [9.17, 15) is 13.2 Å². The first-order valence-electron chi connectivity index (χ1n) is 5.37. The zero-order valence-corrected chi connectivity index (χ0v) is 11.8. The first kappa shape index (κ1) is 15.6. The van der Waals surface area contributed by atoms with E-state index in [1.807, 2.05) is 20.8 Å². The van der Waals surface area contributed by atoms with Crippen molar-refractivity contribution >= 4 is 23.2 Å². The molecular weight excluding hydrogens is 286 g/mol. The molecule has 0 aliphatic carbocycles. The van der Waals surface area contributed by atoms with Gasteiger partial charge in [0, 0.05) is 18.0 Å². The predicted octanol–water partition coefficient (Wildman–Crippen LogP) is 4.95. The molecule has 1 atom stereocenters. The fourth-order valence-corrected chi connectivity index (χ4v) is 1.64. The van der Waals surface area contributed by atoms with E-state index in [2.05, 4.69) is 4.98 Å². The van der Waals surface area contributed by atoms with Crippen LogP contribution < -0.4 is 0 Å². The maximum absolute atomic E-state index is 12.4. The Hall–Kier alpha value is -0.480. The first-order chi connectivity index (χ1) is 8.01. The number of hydrogen-bond acceptors (Lipinski definition) is 1. The van der Waals surface area contributed by atoms with Gasteiger partial charge in [0.05, 0.1) is 16.3 Å². The summed E-state index contributed by atoms with van der Waals surface area (Å²) in [5.41, 5.74) is -0.632. The molecule has 0 N–H and O–H groups in total. The SMILES string of the molecule is CC(C)(C)C(Cl)Cc1ncc(C(F)(F)F)cc1Cl. The van der Waals surface area contributed by atoms with Crippen LogP contribution in [0.5, 0.6) is 0 Å². The summed E-state index contributed by atoms with van der Waals surface area (Å²) in [6.45, 7) is 5.84. The molecule has 0 aliphatic rings. The highest BCUT2D eigenvalue weighted by Crippen LogP contribution is 2.33. The highest BCUT2D eigenvalue weighted by atomic mass is 35.5. The first-order valence-corrected chi connectivity index (χ1v) is 6.19. The summed E-state index contributed by atoms with van der Waals surface area (Å²) in [5, 5.41) is -0.251. The van der Waals surface area contributed by atoms with Gasteiger partial charge in [0.2, 0.25) is 0 Å². The Morgan fingerprint density at radius 1 is 1.28 bits per heavy atom. The van der Waals surface area contributed by atoms with Gasteiger partial charge in [0.1, 0.15) is 0 Å². The van der Waals surface area contributed by atoms with Crippen molar-refractivity contribution in [1.82, 2.24) is 4.98 Å². The highest BCUT2D eigenvalue weighted by Gasteiger charge is 2.32. The van der Waals surface area contributed by atoms with Crippen LogP contribution in [-0.2, 0) is 12.6 Å². The smallest absolute Gasteiger partial charge is 0.259 e. The lowest BCUT2D eigenvalue weighted by atomic mass is 9.89. The van der Waals surface area contributed by atoms with Gasteiger partial charge in [-0.05, 0) is 11.5 Å². The molecule has 0 radical (unpaired) electrons. The molecule has 0 bridgehead atoms. The Balaban J connectivity index is 2.94. The van der Waals surface area contributed by atoms with Crippen molar-refractivity contribution in [2.45, 2.75) is 38.7 Å². The van der Waals surface area contributed by atoms with Gasteiger partial charge < -0.3 is 0 Å². The summed E-state index contributed by atoms with van der Waals surface area (Å²) in [5.74, 6) is 0. The summed E-state index contributed by atoms with van der Waals surface area (Å²) in [6, 6.07) is 0.885. The third-order valence-electron chi connectivity index (χ3n) is 2.56. The summed E-state index contributed by atoms with van der Waals surface area (Å²) < 4.78 is 37.3. The van der Waals surface area contributed by atoms with Gasteiger partial charge >= 0.3 is 6.18 Å². The zero-order valence-electron chi connectivity index (χ0n) is 10.3. The van der Waals surface area contributed by atoms with Crippen LogP contribution in [0.1, 0.15) is 32.0 Å². The molecule has 6 heteroatoms. The Kier molecular flexibility index (Phi) is 4.55. The molecule has 0 spiro atoms. The molecule has 1 unspecified atom stereocenters. The van der Waals surface area contributed by atoms with E-state index in [0.717, 1.165) is 12.3 Å². The molecule has 1 aromatic rings. The van der Waals surface area contributed by atoms with Crippen LogP contribution in [0.4, 0.5) is 13.2 Å². The second-order valence-electron chi connectivity index (χ2n) is 5.19. The minimum Gasteiger partial charge on any atom is -0.259 e. The fourth-order valence-electron chi connectivity index (χ4n) is 1.25. The average Bonchev–Trinajstić information content (AvgIpc) is 2.17. The summed E-state index contributed by atoms with van der Waals surface area (Å²) in [6.07, 6.45) is -3.31. The largest absolute Gasteiger partial charge is 0.417 e. The van der Waals surface area contributed by atoms with Crippen molar-refractivity contribution in [2.75, 3.05) is 0 Å². The average molecular weight is 300 g/mol. The number of alkyl halides is 4. The normalized spacial score (nSPS) is 14.7. The number of aromatic nitrogens is 1. The fraction of sp³-hybridized carbons (Fsp3) is 0.583. The molecule has 1 nitrogen and oxygen atoms in total. The van der Waals surface area contributed by atoms with Crippen LogP contribution >= 0.6 is 23.2 Å². The third-order valence-corrected chi connectivity index (χ3v) is 3.69. The van der Waals surface area contributed by atoms with Gasteiger partial charge in [-0.2, -0.15) is 13.2 Å². The standard InChI is InChI=1S/C12H14Cl2F3N/c1-11(2,3)10(14)5-9-8(13)4-7(6-18-9)12(15,16)17/h4,6,10H,5H2,1-3H3. The van der Waals surface area contributed by atoms with Crippen LogP contribution in [0.15, 0.2) is 12.3 Å². The van der Waals surface area contributed by atoms with Crippen molar-refractivity contribution in [2.24, 2.45) is 5.41 Å². The van der Waals surface area contributed by atoms with Crippen LogP contribution in [0.25, 0.3) is 0 Å². The van der Waals surface area contributed by atoms with E-state index in [1.54, 1.807) is 0 Å². The van der Waals surface area contributed by atoms with E-state index >= 15 is 0 Å². The monoisotopic (exact) mass is 299 g/mol. The lowest BCUT2D eigenvalue weighted by molar-refractivity contribution is -0.137. The van der Waals surface area contributed by atoms with E-state index in [4.69, 9.17) is 23.2 Å². The van der Waals surface area contributed by atoms with E-state index < -0.39 is 11.7 Å². The maximum atomic E-state index is 12.4. The van der Waals surface area contributed by atoms with Crippen molar-refractivity contribution < 1.29 is 13.2 Å². The topological polar surface area (TPSA) is 12.9 Å². The Labute approximate surface area is 114 Å². The van der Waals surface area contributed by atoms with Gasteiger partial charge in [-0.3, -0.25) is 4.98 Å². The molecule has 1 aromatic heterocycles. The zero-order chi connectivity index (χ0) is 14.1. The van der Waals surface area contributed by atoms with Gasteiger partial charge in [0.15, 0.2) is 0 Å². The quantitative estimate of drug-likeness (QED) is 0.704. The van der Waals surface area contributed by atoms with Crippen LogP contribution in [0, 0.1) is 5.41 Å². The molecular formula is C12H14Cl2F3N. The van der Waals surface area contributed by atoms with Crippen molar-refractivity contribution in [1.29, 1.82) is 0 Å². The molecule has 1 heterocycles. The second kappa shape index (κ2) is 5.25. The Bertz CT molecular complexity index is 424. The summed E-state index contributed by atoms with van der Waals surface area (Å²) in [7, 11) is 0. The van der Waals surface area contributed by atoms with Gasteiger partial charge in [0.25, 0.3) is 0 Å². The molecule has 18 heavy (non-hydrogen) atoms. The van der Waals surface area contributed by atoms with Crippen molar-refractivity contribution in [3.05, 3.63) is 28.5 Å². The maximum Gasteiger partial charge on any atom is 0.417 e. The third kappa shape index (κ3) is 4.02. The van der Waals surface area contributed by atoms with Crippen LogP contribution in [-0.4, -0.2) is 10.4 Å². The highest BCUT2D eigenvalue weighted by molar-refractivity contribution is 6.31. The molecule has 0 saturated heterocycles. The van der Waals surface area contributed by atoms with Crippen molar-refractivity contribution in [3.63, 3.8) is 0 Å². The number of nitrogens with zero attached hydrogens (tertiary/aromatic N) is 1. The Morgan fingerprint density at radius 2 is 1.83 bits per heavy atom. The van der Waals surface area contributed by atoms with Gasteiger partial charge in [-0.15, -0.1) is 11.6 Å². The molecule has 0 aromatic carbocycles. The Morgan fingerprint density at radius 3 is 2.22 bits per heavy atom. The number of halogens is 5. The lowest BCUT2D eigenvalue weighted by Gasteiger charge is -2.25. The number of pyridine rings is 1. The molecule has 0 amide bonds. The molecule has 0 saturated carbocycles. The molecule has 1 rings (SSSR count). The molecule has 102 valence electrons. The summed E-state index contributed by atoms with van der Waals surface area (Å²) in [4.78, 5) is 3.76. The van der Waals surface area contributed by atoms with E-state index in [0.29, 0.717) is 12.1 Å². The minimum absolute atomic E-state index is 0.000255. The van der Waals surface area contributed by atoms with E-state index in [-0.39, 0.29) is 15.8 Å². The van der Waals surface area contributed by atoms with E-state index in [1.165, 1.54) is 0 Å². The van der Waals surface area contributed by atoms with Gasteiger partial charge in [-0.25, -0.2) is 0 Å². The minimum atomic E-state index is -4.43. The molecule has 0 aliphatic heterocycles. The second-order valence-corrected chi connectivity index (χ2v) is 6.12. The van der Waals surface area contributed by atoms with Gasteiger partial charge in [-0.1, -0.05) is 32.4 Å². The molecule has 0 fully saturated rings. The number of rotatable bonds is 2. The summed E-state index contributed by atoms with van der Waals surface area (Å²) >= 11 is 12.0. The van der Waals surface area contributed by atoms with Crippen LogP contribution in [0.3, 0.4) is 0 Å².